The summed E-state index contributed by atoms with van der Waals surface area (Å²) < 4.78 is 18.0. The van der Waals surface area contributed by atoms with Gasteiger partial charge in [0.2, 0.25) is 0 Å². The monoisotopic (exact) mass is 225 g/mol. The van der Waals surface area contributed by atoms with Crippen molar-refractivity contribution in [3.63, 3.8) is 0 Å². The maximum absolute atomic E-state index is 11.3. The van der Waals surface area contributed by atoms with E-state index in [0.29, 0.717) is 19.0 Å². The topological polar surface area (TPSA) is 41.5 Å². The van der Waals surface area contributed by atoms with Gasteiger partial charge in [-0.05, 0) is 25.7 Å². The highest BCUT2D eigenvalue weighted by Crippen LogP contribution is 2.33. The Morgan fingerprint density at radius 2 is 2.54 bits per heavy atom. The van der Waals surface area contributed by atoms with Gasteiger partial charge in [-0.25, -0.2) is 0 Å². The summed E-state index contributed by atoms with van der Waals surface area (Å²) in [6.45, 7) is 1.09. The molecule has 0 N–H and O–H groups in total. The molecular formula is C8H16O3PS-. The van der Waals surface area contributed by atoms with E-state index in [1.807, 2.05) is 0 Å². The first-order chi connectivity index (χ1) is 6.42. The van der Waals surface area contributed by atoms with Crippen LogP contribution in [0.25, 0.3) is 0 Å². The van der Waals surface area contributed by atoms with Crippen LogP contribution in [0.15, 0.2) is 0 Å². The summed E-state index contributed by atoms with van der Waals surface area (Å²) in [4.78, 5) is 11.3. The normalized spacial score (nSPS) is 39.9. The maximum Gasteiger partial charge on any atom is 0.0854 e. The molecular weight excluding hydrogens is 207 g/mol. The Kier molecular flexibility index (Phi) is 3.75. The van der Waals surface area contributed by atoms with Gasteiger partial charge in [0.05, 0.1) is 13.6 Å². The second-order valence-electron chi connectivity index (χ2n) is 3.38. The van der Waals surface area contributed by atoms with E-state index in [1.54, 1.807) is 13.8 Å². The van der Waals surface area contributed by atoms with Gasteiger partial charge in [-0.2, -0.15) is 0 Å². The van der Waals surface area contributed by atoms with Crippen LogP contribution in [0.2, 0.25) is 0 Å². The number of ether oxygens (including phenoxy) is 2. The Balaban J connectivity index is 2.40. The summed E-state index contributed by atoms with van der Waals surface area (Å²) in [5.41, 5.74) is 0. The predicted octanol–water partition coefficient (Wildman–Crippen LogP) is 0.565. The van der Waals surface area contributed by atoms with Crippen LogP contribution in [0.3, 0.4) is 0 Å². The van der Waals surface area contributed by atoms with Gasteiger partial charge in [0, 0.05) is 13.7 Å². The SMILES string of the molecule is [3H][C@H]1C[C@@H](OC)[C@@H](CCP(C)([O-])=S)O1. The van der Waals surface area contributed by atoms with Crippen molar-refractivity contribution < 1.29 is 15.7 Å². The Morgan fingerprint density at radius 3 is 3.08 bits per heavy atom. The molecule has 0 saturated carbocycles. The zero-order chi connectivity index (χ0) is 10.8. The molecule has 1 saturated heterocycles. The summed E-state index contributed by atoms with van der Waals surface area (Å²) in [5.74, 6) is 0. The Hall–Kier alpha value is 0.530. The summed E-state index contributed by atoms with van der Waals surface area (Å²) in [6, 6.07) is 0. The van der Waals surface area contributed by atoms with Gasteiger partial charge in [0.25, 0.3) is 0 Å². The van der Waals surface area contributed by atoms with E-state index in [9.17, 15) is 4.89 Å². The summed E-state index contributed by atoms with van der Waals surface area (Å²) >= 11 is 4.84. The molecule has 0 aromatic rings. The highest BCUT2D eigenvalue weighted by atomic mass is 32.4. The van der Waals surface area contributed by atoms with Gasteiger partial charge in [-0.1, -0.05) is 0 Å². The molecule has 1 unspecified atom stereocenters. The predicted molar refractivity (Wildman–Crippen MR) is 54.8 cm³/mol. The third-order valence-corrected chi connectivity index (χ3v) is 3.76. The molecule has 1 fully saturated rings. The van der Waals surface area contributed by atoms with E-state index in [0.717, 1.165) is 0 Å². The number of hydrogen-bond donors (Lipinski definition) is 0. The van der Waals surface area contributed by atoms with E-state index >= 15 is 0 Å². The maximum atomic E-state index is 11.3. The van der Waals surface area contributed by atoms with Crippen molar-refractivity contribution >= 4 is 18.1 Å². The van der Waals surface area contributed by atoms with Crippen molar-refractivity contribution in [2.75, 3.05) is 26.5 Å². The summed E-state index contributed by atoms with van der Waals surface area (Å²) in [6.07, 6.45) is -0.837. The van der Waals surface area contributed by atoms with Crippen LogP contribution in [0, 0.1) is 0 Å². The van der Waals surface area contributed by atoms with Crippen molar-refractivity contribution in [1.82, 2.24) is 0 Å². The quantitative estimate of drug-likeness (QED) is 0.656. The lowest BCUT2D eigenvalue weighted by molar-refractivity contribution is -0.160. The molecule has 3 nitrogen and oxygen atoms in total. The average Bonchev–Trinajstić information content (AvgIpc) is 2.41. The molecule has 0 bridgehead atoms. The van der Waals surface area contributed by atoms with Gasteiger partial charge in [0.1, 0.15) is 0 Å². The Morgan fingerprint density at radius 1 is 1.85 bits per heavy atom. The largest absolute Gasteiger partial charge is 0.821 e. The molecule has 4 atom stereocenters. The molecule has 1 aliphatic heterocycles. The van der Waals surface area contributed by atoms with E-state index in [1.165, 1.54) is 0 Å². The molecule has 0 aromatic carbocycles. The van der Waals surface area contributed by atoms with Crippen LogP contribution < -0.4 is 4.89 Å². The van der Waals surface area contributed by atoms with Crippen LogP contribution in [-0.2, 0) is 21.3 Å². The fourth-order valence-electron chi connectivity index (χ4n) is 1.38. The third-order valence-electron chi connectivity index (χ3n) is 2.14. The van der Waals surface area contributed by atoms with Gasteiger partial charge in [-0.15, -0.1) is 18.1 Å². The van der Waals surface area contributed by atoms with Crippen molar-refractivity contribution in [2.45, 2.75) is 25.0 Å². The van der Waals surface area contributed by atoms with Crippen LogP contribution in [0.4, 0.5) is 0 Å². The molecule has 0 radical (unpaired) electrons. The smallest absolute Gasteiger partial charge is 0.0854 e. The first kappa shape index (κ1) is 10.1. The number of rotatable bonds is 4. The van der Waals surface area contributed by atoms with Crippen LogP contribution in [0.5, 0.6) is 0 Å². The average molecular weight is 225 g/mol. The summed E-state index contributed by atoms with van der Waals surface area (Å²) in [5, 5.41) is 0. The molecule has 0 aliphatic carbocycles. The Labute approximate surface area is 85.9 Å². The highest BCUT2D eigenvalue weighted by molar-refractivity contribution is 8.10. The lowest BCUT2D eigenvalue weighted by atomic mass is 10.1. The third kappa shape index (κ3) is 4.05. The fourth-order valence-corrected chi connectivity index (χ4v) is 2.42. The summed E-state index contributed by atoms with van der Waals surface area (Å²) in [7, 11) is 1.61. The zero-order valence-electron chi connectivity index (χ0n) is 8.93. The minimum Gasteiger partial charge on any atom is -0.821 e. The van der Waals surface area contributed by atoms with Gasteiger partial charge >= 0.3 is 0 Å². The highest BCUT2D eigenvalue weighted by Gasteiger charge is 2.27. The molecule has 1 heterocycles. The van der Waals surface area contributed by atoms with Gasteiger partial charge in [0.15, 0.2) is 0 Å². The van der Waals surface area contributed by atoms with Crippen LogP contribution in [0.1, 0.15) is 14.2 Å². The molecule has 1 aliphatic rings. The standard InChI is InChI=1S/C8H17O3PS/c1-10-7-3-5-11-8(7)4-6-12(2,9)13/h7-8H,3-6H2,1-2H3,(H,9,13)/p-1/t7-,8-,12?/m1/s1/i5T/t5-,7+,8+,12?/m0. The van der Waals surface area contributed by atoms with Gasteiger partial charge < -0.3 is 14.4 Å². The molecule has 0 amide bonds. The molecule has 0 aromatic heterocycles. The molecule has 13 heavy (non-hydrogen) atoms. The minimum absolute atomic E-state index is 0.0425. The number of hydrogen-bond acceptors (Lipinski definition) is 4. The van der Waals surface area contributed by atoms with Crippen molar-refractivity contribution in [3.8, 4) is 0 Å². The van der Waals surface area contributed by atoms with Crippen molar-refractivity contribution in [3.05, 3.63) is 0 Å². The Bertz CT molecular complexity index is 233. The lowest BCUT2D eigenvalue weighted by Gasteiger charge is -2.25. The second-order valence-corrected chi connectivity index (χ2v) is 8.17. The molecule has 1 rings (SSSR count). The lowest BCUT2D eigenvalue weighted by Crippen LogP contribution is -2.24. The first-order valence-corrected chi connectivity index (χ1v) is 7.65. The minimum atomic E-state index is -2.39. The van der Waals surface area contributed by atoms with E-state index in [-0.39, 0.29) is 12.2 Å². The zero-order valence-corrected chi connectivity index (χ0v) is 9.64. The van der Waals surface area contributed by atoms with Crippen molar-refractivity contribution in [1.29, 1.82) is 0 Å². The van der Waals surface area contributed by atoms with Crippen LogP contribution in [-0.4, -0.2) is 38.7 Å². The molecule has 5 heteroatoms. The van der Waals surface area contributed by atoms with E-state index in [2.05, 4.69) is 0 Å². The van der Waals surface area contributed by atoms with Gasteiger partial charge in [-0.3, -0.25) is 0 Å². The number of methoxy groups -OCH3 is 1. The van der Waals surface area contributed by atoms with Crippen LogP contribution >= 0.6 is 6.26 Å². The van der Waals surface area contributed by atoms with E-state index < -0.39 is 12.8 Å². The van der Waals surface area contributed by atoms with Crippen molar-refractivity contribution in [2.24, 2.45) is 0 Å². The fraction of sp³-hybridized carbons (Fsp3) is 1.00. The molecule has 0 spiro atoms. The first-order valence-electron chi connectivity index (χ1n) is 4.88. The molecule has 78 valence electrons. The second kappa shape index (κ2) is 4.85. The van der Waals surface area contributed by atoms with E-state index in [4.69, 9.17) is 22.7 Å².